The van der Waals surface area contributed by atoms with E-state index in [2.05, 4.69) is 20.5 Å². The van der Waals surface area contributed by atoms with E-state index in [-0.39, 0.29) is 23.8 Å². The summed E-state index contributed by atoms with van der Waals surface area (Å²) in [5.74, 6) is 1.65. The van der Waals surface area contributed by atoms with E-state index in [9.17, 15) is 9.59 Å². The van der Waals surface area contributed by atoms with E-state index < -0.39 is 0 Å². The van der Waals surface area contributed by atoms with E-state index in [1.165, 1.54) is 0 Å². The zero-order valence-corrected chi connectivity index (χ0v) is 13.9. The molecule has 7 nitrogen and oxygen atoms in total. The molecule has 2 N–H and O–H groups in total. The van der Waals surface area contributed by atoms with Crippen molar-refractivity contribution in [3.8, 4) is 11.4 Å². The van der Waals surface area contributed by atoms with Crippen molar-refractivity contribution in [2.24, 2.45) is 0 Å². The second-order valence-corrected chi connectivity index (χ2v) is 6.69. The van der Waals surface area contributed by atoms with Crippen LogP contribution in [-0.4, -0.2) is 51.0 Å². The number of nitrogens with zero attached hydrogens (tertiary/aromatic N) is 3. The molecule has 2 aromatic rings. The van der Waals surface area contributed by atoms with Gasteiger partial charge in [0.25, 0.3) is 0 Å². The molecule has 2 saturated heterocycles. The number of piperidine rings is 1. The van der Waals surface area contributed by atoms with Gasteiger partial charge >= 0.3 is 0 Å². The number of benzene rings is 1. The first-order valence-corrected chi connectivity index (χ1v) is 8.76. The SMILES string of the molecule is O=C1CC[C@H](C(=O)N2CCC[C@H](c3nc(-c4ccccc4)n[nH]3)C2)N1. The molecule has 0 radical (unpaired) electrons. The average molecular weight is 339 g/mol. The molecule has 3 heterocycles. The molecule has 130 valence electrons. The summed E-state index contributed by atoms with van der Waals surface area (Å²) in [6, 6.07) is 9.48. The Balaban J connectivity index is 1.45. The van der Waals surface area contributed by atoms with Crippen LogP contribution in [0.1, 0.15) is 37.4 Å². The molecule has 0 spiro atoms. The van der Waals surface area contributed by atoms with Crippen LogP contribution in [0.2, 0.25) is 0 Å². The van der Waals surface area contributed by atoms with Crippen LogP contribution < -0.4 is 5.32 Å². The Morgan fingerprint density at radius 2 is 2.04 bits per heavy atom. The van der Waals surface area contributed by atoms with Crippen molar-refractivity contribution < 1.29 is 9.59 Å². The standard InChI is InChI=1S/C18H21N5O2/c24-15-9-8-14(19-15)18(25)23-10-4-7-13(11-23)17-20-16(21-22-17)12-5-2-1-3-6-12/h1-3,5-6,13-14H,4,7-11H2,(H,19,24)(H,20,21,22)/t13-,14+/m0/s1. The largest absolute Gasteiger partial charge is 0.344 e. The van der Waals surface area contributed by atoms with Crippen molar-refractivity contribution in [3.63, 3.8) is 0 Å². The van der Waals surface area contributed by atoms with Gasteiger partial charge < -0.3 is 10.2 Å². The lowest BCUT2D eigenvalue weighted by Gasteiger charge is -2.33. The molecule has 4 rings (SSSR count). The van der Waals surface area contributed by atoms with E-state index in [1.807, 2.05) is 35.2 Å². The third-order valence-corrected chi connectivity index (χ3v) is 4.95. The molecule has 1 aromatic heterocycles. The molecule has 1 aromatic carbocycles. The van der Waals surface area contributed by atoms with Gasteiger partial charge in [0.2, 0.25) is 11.8 Å². The van der Waals surface area contributed by atoms with Crippen molar-refractivity contribution in [3.05, 3.63) is 36.2 Å². The minimum atomic E-state index is -0.360. The predicted octanol–water partition coefficient (Wildman–Crippen LogP) is 1.46. The Hall–Kier alpha value is -2.70. The minimum Gasteiger partial charge on any atom is -0.344 e. The Kier molecular flexibility index (Phi) is 4.21. The topological polar surface area (TPSA) is 91.0 Å². The number of amides is 2. The zero-order chi connectivity index (χ0) is 17.2. The van der Waals surface area contributed by atoms with Crippen LogP contribution >= 0.6 is 0 Å². The molecular formula is C18H21N5O2. The number of carbonyl (C=O) groups is 2. The first kappa shape index (κ1) is 15.8. The van der Waals surface area contributed by atoms with E-state index in [1.54, 1.807) is 0 Å². The lowest BCUT2D eigenvalue weighted by Crippen LogP contribution is -2.48. The van der Waals surface area contributed by atoms with Crippen LogP contribution in [0, 0.1) is 0 Å². The van der Waals surface area contributed by atoms with E-state index >= 15 is 0 Å². The average Bonchev–Trinajstić information content (AvgIpc) is 3.31. The molecule has 2 aliphatic rings. The van der Waals surface area contributed by atoms with E-state index in [4.69, 9.17) is 0 Å². The molecule has 2 amide bonds. The second-order valence-electron chi connectivity index (χ2n) is 6.69. The lowest BCUT2D eigenvalue weighted by molar-refractivity contribution is -0.135. The summed E-state index contributed by atoms with van der Waals surface area (Å²) in [7, 11) is 0. The molecule has 25 heavy (non-hydrogen) atoms. The molecule has 7 heteroatoms. The Bertz CT molecular complexity index is 773. The van der Waals surface area contributed by atoms with E-state index in [0.29, 0.717) is 25.2 Å². The molecule has 0 unspecified atom stereocenters. The summed E-state index contributed by atoms with van der Waals surface area (Å²) in [5, 5.41) is 10.1. The van der Waals surface area contributed by atoms with Gasteiger partial charge in [-0.2, -0.15) is 5.10 Å². The third kappa shape index (κ3) is 3.26. The van der Waals surface area contributed by atoms with Gasteiger partial charge in [0.05, 0.1) is 0 Å². The summed E-state index contributed by atoms with van der Waals surface area (Å²) >= 11 is 0. The Labute approximate surface area is 145 Å². The normalized spacial score (nSPS) is 23.5. The van der Waals surface area contributed by atoms with Crippen LogP contribution in [0.4, 0.5) is 0 Å². The number of nitrogens with one attached hydrogen (secondary N) is 2. The number of hydrogen-bond donors (Lipinski definition) is 2. The number of aromatic amines is 1. The van der Waals surface area contributed by atoms with Crippen molar-refractivity contribution in [1.82, 2.24) is 25.4 Å². The first-order chi connectivity index (χ1) is 12.2. The first-order valence-electron chi connectivity index (χ1n) is 8.76. The fourth-order valence-corrected chi connectivity index (χ4v) is 3.59. The maximum atomic E-state index is 12.6. The molecule has 2 atom stereocenters. The predicted molar refractivity (Wildman–Crippen MR) is 91.5 cm³/mol. The minimum absolute atomic E-state index is 0.0262. The number of rotatable bonds is 3. The fraction of sp³-hybridized carbons (Fsp3) is 0.444. The number of likely N-dealkylation sites (tertiary alicyclic amines) is 1. The lowest BCUT2D eigenvalue weighted by atomic mass is 9.96. The summed E-state index contributed by atoms with van der Waals surface area (Å²) in [6.07, 6.45) is 2.94. The van der Waals surface area contributed by atoms with Gasteiger partial charge in [-0.15, -0.1) is 0 Å². The van der Waals surface area contributed by atoms with Gasteiger partial charge in [-0.05, 0) is 19.3 Å². The van der Waals surface area contributed by atoms with Crippen molar-refractivity contribution in [1.29, 1.82) is 0 Å². The van der Waals surface area contributed by atoms with E-state index in [0.717, 1.165) is 30.8 Å². The Morgan fingerprint density at radius 3 is 2.80 bits per heavy atom. The molecule has 0 aliphatic carbocycles. The van der Waals surface area contributed by atoms with Crippen LogP contribution in [0.5, 0.6) is 0 Å². The highest BCUT2D eigenvalue weighted by atomic mass is 16.2. The summed E-state index contributed by atoms with van der Waals surface area (Å²) in [5.41, 5.74) is 0.974. The maximum Gasteiger partial charge on any atom is 0.245 e. The van der Waals surface area contributed by atoms with Gasteiger partial charge in [-0.3, -0.25) is 14.7 Å². The molecule has 2 aliphatic heterocycles. The molecule has 2 fully saturated rings. The summed E-state index contributed by atoms with van der Waals surface area (Å²) in [6.45, 7) is 1.36. The second kappa shape index (κ2) is 6.66. The summed E-state index contributed by atoms with van der Waals surface area (Å²) < 4.78 is 0. The highest BCUT2D eigenvalue weighted by Gasteiger charge is 2.34. The van der Waals surface area contributed by atoms with Gasteiger partial charge in [-0.25, -0.2) is 4.98 Å². The maximum absolute atomic E-state index is 12.6. The van der Waals surface area contributed by atoms with Gasteiger partial charge in [0.15, 0.2) is 5.82 Å². The fourth-order valence-electron chi connectivity index (χ4n) is 3.59. The van der Waals surface area contributed by atoms with Crippen molar-refractivity contribution >= 4 is 11.8 Å². The quantitative estimate of drug-likeness (QED) is 0.886. The molecule has 0 bridgehead atoms. The summed E-state index contributed by atoms with van der Waals surface area (Å²) in [4.78, 5) is 30.5. The zero-order valence-electron chi connectivity index (χ0n) is 13.9. The van der Waals surface area contributed by atoms with Crippen LogP contribution in [0.3, 0.4) is 0 Å². The van der Waals surface area contributed by atoms with Gasteiger partial charge in [0, 0.05) is 31.0 Å². The number of hydrogen-bond acceptors (Lipinski definition) is 4. The third-order valence-electron chi connectivity index (χ3n) is 4.95. The smallest absolute Gasteiger partial charge is 0.245 e. The monoisotopic (exact) mass is 339 g/mol. The number of carbonyl (C=O) groups excluding carboxylic acids is 2. The van der Waals surface area contributed by atoms with Crippen LogP contribution in [-0.2, 0) is 9.59 Å². The molecular weight excluding hydrogens is 318 g/mol. The number of H-pyrrole nitrogens is 1. The van der Waals surface area contributed by atoms with Crippen molar-refractivity contribution in [2.75, 3.05) is 13.1 Å². The highest BCUT2D eigenvalue weighted by Crippen LogP contribution is 2.27. The van der Waals surface area contributed by atoms with Crippen LogP contribution in [0.15, 0.2) is 30.3 Å². The number of aromatic nitrogens is 3. The van der Waals surface area contributed by atoms with Crippen molar-refractivity contribution in [2.45, 2.75) is 37.6 Å². The molecule has 0 saturated carbocycles. The highest BCUT2D eigenvalue weighted by molar-refractivity contribution is 5.90. The Morgan fingerprint density at radius 1 is 1.20 bits per heavy atom. The van der Waals surface area contributed by atoms with Gasteiger partial charge in [-0.1, -0.05) is 30.3 Å². The van der Waals surface area contributed by atoms with Gasteiger partial charge in [0.1, 0.15) is 11.9 Å². The van der Waals surface area contributed by atoms with Crippen LogP contribution in [0.25, 0.3) is 11.4 Å².